The molecule has 0 heterocycles. The molecule has 1 unspecified atom stereocenters. The fraction of sp³-hybridized carbons (Fsp3) is 0.400. The summed E-state index contributed by atoms with van der Waals surface area (Å²) in [6.45, 7) is 1.21. The highest BCUT2D eigenvalue weighted by Crippen LogP contribution is 2.34. The highest BCUT2D eigenvalue weighted by Gasteiger charge is 2.31. The third-order valence-corrected chi connectivity index (χ3v) is 2.37. The minimum absolute atomic E-state index is 0.0486. The Kier molecular flexibility index (Phi) is 4.19. The molecular weight excluding hydrogens is 265 g/mol. The maximum atomic E-state index is 12.3. The van der Waals surface area contributed by atoms with Crippen LogP contribution < -0.4 is 5.32 Å². The summed E-state index contributed by atoms with van der Waals surface area (Å²) in [6, 6.07) is 1.32. The van der Waals surface area contributed by atoms with Crippen molar-refractivity contribution in [2.24, 2.45) is 0 Å². The minimum Gasteiger partial charge on any atom is -0.376 e. The first-order valence-corrected chi connectivity index (χ1v) is 5.01. The maximum absolute atomic E-state index is 12.3. The maximum Gasteiger partial charge on any atom is 0.416 e. The van der Waals surface area contributed by atoms with Gasteiger partial charge in [-0.2, -0.15) is 13.2 Å². The third kappa shape index (κ3) is 3.73. The van der Waals surface area contributed by atoms with Gasteiger partial charge in [-0.05, 0) is 25.1 Å². The molecule has 0 aliphatic carbocycles. The lowest BCUT2D eigenvalue weighted by molar-refractivity contribution is -0.137. The zero-order valence-corrected chi connectivity index (χ0v) is 9.41. The van der Waals surface area contributed by atoms with Crippen LogP contribution in [0.5, 0.6) is 0 Å². The van der Waals surface area contributed by atoms with Crippen LogP contribution in [0.25, 0.3) is 0 Å². The van der Waals surface area contributed by atoms with Crippen molar-refractivity contribution in [1.29, 1.82) is 0 Å². The van der Waals surface area contributed by atoms with E-state index in [1.807, 2.05) is 0 Å². The summed E-state index contributed by atoms with van der Waals surface area (Å²) in [5.41, 5.74) is -0.870. The highest BCUT2D eigenvalue weighted by atomic mass is 35.5. The summed E-state index contributed by atoms with van der Waals surface area (Å²) >= 11 is 5.58. The topological polar surface area (TPSA) is 12.0 Å². The molecule has 1 aromatic rings. The second-order valence-corrected chi connectivity index (χ2v) is 3.87. The number of hydrogen-bond acceptors (Lipinski definition) is 1. The summed E-state index contributed by atoms with van der Waals surface area (Å²) in [5, 5.41) is 2.10. The van der Waals surface area contributed by atoms with E-state index in [4.69, 9.17) is 11.6 Å². The van der Waals surface area contributed by atoms with Gasteiger partial charge in [-0.3, -0.25) is 0 Å². The van der Waals surface area contributed by atoms with E-state index in [1.54, 1.807) is 0 Å². The van der Waals surface area contributed by atoms with E-state index in [2.05, 4.69) is 5.32 Å². The van der Waals surface area contributed by atoms with Gasteiger partial charge in [0, 0.05) is 0 Å². The lowest BCUT2D eigenvalue weighted by atomic mass is 10.2. The summed E-state index contributed by atoms with van der Waals surface area (Å²) in [5.74, 6) is 0. The largest absolute Gasteiger partial charge is 0.416 e. The van der Waals surface area contributed by atoms with Crippen molar-refractivity contribution in [2.75, 3.05) is 5.32 Å². The van der Waals surface area contributed by atoms with Crippen molar-refractivity contribution in [3.8, 4) is 0 Å². The number of benzene rings is 1. The second-order valence-electron chi connectivity index (χ2n) is 3.46. The van der Waals surface area contributed by atoms with E-state index in [0.29, 0.717) is 6.07 Å². The molecule has 0 fully saturated rings. The predicted molar refractivity (Wildman–Crippen MR) is 55.5 cm³/mol. The van der Waals surface area contributed by atoms with Crippen LogP contribution in [-0.2, 0) is 6.18 Å². The first-order chi connectivity index (χ1) is 7.71. The molecule has 0 aromatic heterocycles. The van der Waals surface area contributed by atoms with Crippen molar-refractivity contribution in [2.45, 2.75) is 25.6 Å². The number of alkyl halides is 5. The molecule has 0 radical (unpaired) electrons. The molecular formula is C10H9ClF5N. The molecule has 1 aromatic carbocycles. The molecule has 0 aliphatic rings. The molecule has 1 atom stereocenters. The monoisotopic (exact) mass is 273 g/mol. The Morgan fingerprint density at radius 2 is 1.82 bits per heavy atom. The van der Waals surface area contributed by atoms with Crippen LogP contribution in [0.2, 0.25) is 5.02 Å². The number of nitrogens with one attached hydrogen (secondary N) is 1. The van der Waals surface area contributed by atoms with Gasteiger partial charge in [0.25, 0.3) is 6.43 Å². The molecule has 0 saturated heterocycles. The van der Waals surface area contributed by atoms with Crippen molar-refractivity contribution >= 4 is 17.3 Å². The molecule has 1 nitrogen and oxygen atoms in total. The van der Waals surface area contributed by atoms with Gasteiger partial charge in [0.2, 0.25) is 0 Å². The Hall–Kier alpha value is -1.04. The average Bonchev–Trinajstić information content (AvgIpc) is 2.19. The van der Waals surface area contributed by atoms with Gasteiger partial charge in [-0.25, -0.2) is 8.78 Å². The zero-order chi connectivity index (χ0) is 13.2. The van der Waals surface area contributed by atoms with E-state index in [-0.39, 0.29) is 10.7 Å². The quantitative estimate of drug-likeness (QED) is 0.804. The number of rotatable bonds is 3. The van der Waals surface area contributed by atoms with E-state index in [9.17, 15) is 22.0 Å². The molecule has 96 valence electrons. The average molecular weight is 274 g/mol. The first-order valence-electron chi connectivity index (χ1n) is 4.63. The van der Waals surface area contributed by atoms with Crippen molar-refractivity contribution in [3.05, 3.63) is 28.8 Å². The van der Waals surface area contributed by atoms with E-state index < -0.39 is 24.2 Å². The first kappa shape index (κ1) is 14.0. The molecule has 17 heavy (non-hydrogen) atoms. The van der Waals surface area contributed by atoms with Crippen LogP contribution in [0.1, 0.15) is 12.5 Å². The molecule has 0 saturated carbocycles. The van der Waals surface area contributed by atoms with Crippen molar-refractivity contribution < 1.29 is 22.0 Å². The normalized spacial score (nSPS) is 13.9. The Labute approximate surface area is 99.6 Å². The van der Waals surface area contributed by atoms with Gasteiger partial charge in [-0.1, -0.05) is 11.6 Å². The van der Waals surface area contributed by atoms with Gasteiger partial charge in [-0.15, -0.1) is 0 Å². The van der Waals surface area contributed by atoms with E-state index in [0.717, 1.165) is 12.1 Å². The predicted octanol–water partition coefficient (Wildman–Crippen LogP) is 4.42. The van der Waals surface area contributed by atoms with Crippen molar-refractivity contribution in [1.82, 2.24) is 0 Å². The van der Waals surface area contributed by atoms with Gasteiger partial charge in [0.15, 0.2) is 0 Å². The molecule has 0 spiro atoms. The van der Waals surface area contributed by atoms with E-state index in [1.165, 1.54) is 6.92 Å². The van der Waals surface area contributed by atoms with Crippen LogP contribution in [0, 0.1) is 0 Å². The molecule has 0 aliphatic heterocycles. The zero-order valence-electron chi connectivity index (χ0n) is 8.65. The number of halogens is 6. The SMILES string of the molecule is CC(Nc1ccc(C(F)(F)F)cc1Cl)C(F)F. The number of anilines is 1. The second kappa shape index (κ2) is 5.08. The summed E-state index contributed by atoms with van der Waals surface area (Å²) in [4.78, 5) is 0. The van der Waals surface area contributed by atoms with Crippen molar-refractivity contribution in [3.63, 3.8) is 0 Å². The molecule has 1 N–H and O–H groups in total. The Morgan fingerprint density at radius 1 is 1.24 bits per heavy atom. The van der Waals surface area contributed by atoms with Gasteiger partial charge in [0.05, 0.1) is 22.3 Å². The van der Waals surface area contributed by atoms with Crippen LogP contribution in [0.15, 0.2) is 18.2 Å². The van der Waals surface area contributed by atoms with E-state index >= 15 is 0 Å². The standard InChI is InChI=1S/C10H9ClF5N/c1-5(9(12)13)17-8-3-2-6(4-7(8)11)10(14,15)16/h2-5,9,17H,1H3. The molecule has 7 heteroatoms. The third-order valence-electron chi connectivity index (χ3n) is 2.06. The van der Waals surface area contributed by atoms with Gasteiger partial charge >= 0.3 is 6.18 Å². The minimum atomic E-state index is -4.50. The molecule has 0 bridgehead atoms. The summed E-state index contributed by atoms with van der Waals surface area (Å²) in [7, 11) is 0. The lowest BCUT2D eigenvalue weighted by Crippen LogP contribution is -2.24. The fourth-order valence-electron chi connectivity index (χ4n) is 1.12. The summed E-state index contributed by atoms with van der Waals surface area (Å²) < 4.78 is 61.3. The van der Waals surface area contributed by atoms with Crippen LogP contribution >= 0.6 is 11.6 Å². The van der Waals surface area contributed by atoms with Crippen LogP contribution in [0.4, 0.5) is 27.6 Å². The number of hydrogen-bond donors (Lipinski definition) is 1. The smallest absolute Gasteiger partial charge is 0.376 e. The Morgan fingerprint density at radius 3 is 2.24 bits per heavy atom. The van der Waals surface area contributed by atoms with Crippen LogP contribution in [-0.4, -0.2) is 12.5 Å². The van der Waals surface area contributed by atoms with Gasteiger partial charge < -0.3 is 5.32 Å². The van der Waals surface area contributed by atoms with Crippen LogP contribution in [0.3, 0.4) is 0 Å². The molecule has 0 amide bonds. The Balaban J connectivity index is 2.91. The Bertz CT molecular complexity index is 391. The molecule has 1 rings (SSSR count). The summed E-state index contributed by atoms with van der Waals surface area (Å²) in [6.07, 6.45) is -7.13. The fourth-order valence-corrected chi connectivity index (χ4v) is 1.35. The van der Waals surface area contributed by atoms with Gasteiger partial charge in [0.1, 0.15) is 0 Å². The lowest BCUT2D eigenvalue weighted by Gasteiger charge is -2.16. The highest BCUT2D eigenvalue weighted by molar-refractivity contribution is 6.33.